The number of hydrogen-bond acceptors (Lipinski definition) is 7. The Hall–Kier alpha value is -4.70. The molecule has 210 valence electrons. The number of carbonyl (C=O) groups is 2. The van der Waals surface area contributed by atoms with Crippen molar-refractivity contribution in [2.75, 3.05) is 17.2 Å². The molecule has 0 radical (unpaired) electrons. The molecule has 1 heterocycles. The van der Waals surface area contributed by atoms with Gasteiger partial charge >= 0.3 is 0 Å². The van der Waals surface area contributed by atoms with Crippen LogP contribution in [0.2, 0.25) is 10.0 Å². The zero-order valence-corrected chi connectivity index (χ0v) is 24.2. The molecular formula is C31H23Cl2N5O3S. The molecule has 8 nitrogen and oxygen atoms in total. The molecule has 3 N–H and O–H groups in total. The van der Waals surface area contributed by atoms with Gasteiger partial charge in [0, 0.05) is 32.9 Å². The van der Waals surface area contributed by atoms with Crippen LogP contribution in [0.1, 0.15) is 15.9 Å². The highest BCUT2D eigenvalue weighted by molar-refractivity contribution is 7.14. The van der Waals surface area contributed by atoms with Crippen LogP contribution < -0.4 is 20.8 Å². The number of ether oxygens (including phenoxy) is 1. The fourth-order valence-electron chi connectivity index (χ4n) is 3.72. The fourth-order valence-corrected chi connectivity index (χ4v) is 4.83. The van der Waals surface area contributed by atoms with Crippen molar-refractivity contribution in [1.82, 2.24) is 10.4 Å². The SMILES string of the molecule is O=C(COc1ccc(/C=N\NC(=O)c2ccc(-c3csc(Nc4ccc(Cl)cc4)n3)cc2)cc1Cl)Nc1ccccc1. The lowest BCUT2D eigenvalue weighted by Gasteiger charge is -2.09. The van der Waals surface area contributed by atoms with E-state index in [1.54, 1.807) is 42.5 Å². The second-order valence-electron chi connectivity index (χ2n) is 8.84. The van der Waals surface area contributed by atoms with Crippen molar-refractivity contribution in [1.29, 1.82) is 0 Å². The van der Waals surface area contributed by atoms with Crippen LogP contribution in [0.3, 0.4) is 0 Å². The largest absolute Gasteiger partial charge is 0.482 e. The molecule has 2 amide bonds. The Morgan fingerprint density at radius 3 is 2.40 bits per heavy atom. The van der Waals surface area contributed by atoms with Crippen molar-refractivity contribution in [3.05, 3.63) is 124 Å². The summed E-state index contributed by atoms with van der Waals surface area (Å²) in [5.74, 6) is -0.313. The third-order valence-electron chi connectivity index (χ3n) is 5.79. The van der Waals surface area contributed by atoms with Crippen molar-refractivity contribution in [2.45, 2.75) is 0 Å². The molecule has 0 spiro atoms. The summed E-state index contributed by atoms with van der Waals surface area (Å²) in [5.41, 5.74) is 6.84. The van der Waals surface area contributed by atoms with Gasteiger partial charge in [0.15, 0.2) is 11.7 Å². The Bertz CT molecular complexity index is 1710. The third kappa shape index (κ3) is 7.94. The summed E-state index contributed by atoms with van der Waals surface area (Å²) < 4.78 is 5.53. The number of rotatable bonds is 10. The number of hydrazone groups is 1. The molecule has 0 saturated heterocycles. The van der Waals surface area contributed by atoms with Gasteiger partial charge in [-0.2, -0.15) is 5.10 Å². The monoisotopic (exact) mass is 615 g/mol. The maximum atomic E-state index is 12.6. The van der Waals surface area contributed by atoms with Gasteiger partial charge in [-0.05, 0) is 72.3 Å². The normalized spacial score (nSPS) is 10.8. The highest BCUT2D eigenvalue weighted by Crippen LogP contribution is 2.28. The lowest BCUT2D eigenvalue weighted by molar-refractivity contribution is -0.118. The van der Waals surface area contributed by atoms with E-state index in [0.717, 1.165) is 22.1 Å². The van der Waals surface area contributed by atoms with E-state index in [-0.39, 0.29) is 18.4 Å². The second kappa shape index (κ2) is 13.8. The number of para-hydroxylation sites is 1. The van der Waals surface area contributed by atoms with Crippen molar-refractivity contribution in [3.63, 3.8) is 0 Å². The van der Waals surface area contributed by atoms with Crippen LogP contribution in [-0.2, 0) is 4.79 Å². The van der Waals surface area contributed by atoms with Crippen LogP contribution >= 0.6 is 34.5 Å². The smallest absolute Gasteiger partial charge is 0.271 e. The molecule has 4 aromatic carbocycles. The van der Waals surface area contributed by atoms with Crippen LogP contribution in [0.15, 0.2) is 108 Å². The average Bonchev–Trinajstić information content (AvgIpc) is 3.47. The molecule has 0 aliphatic heterocycles. The van der Waals surface area contributed by atoms with E-state index in [1.807, 2.05) is 60.0 Å². The summed E-state index contributed by atoms with van der Waals surface area (Å²) >= 11 is 13.7. The van der Waals surface area contributed by atoms with Gasteiger partial charge in [-0.15, -0.1) is 11.3 Å². The number of carbonyl (C=O) groups excluding carboxylic acids is 2. The summed E-state index contributed by atoms with van der Waals surface area (Å²) in [6, 6.07) is 28.5. The Labute approximate surface area is 256 Å². The number of benzene rings is 4. The molecular weight excluding hydrogens is 593 g/mol. The van der Waals surface area contributed by atoms with E-state index < -0.39 is 0 Å². The average molecular weight is 617 g/mol. The molecule has 1 aromatic heterocycles. The number of anilines is 3. The molecule has 11 heteroatoms. The highest BCUT2D eigenvalue weighted by Gasteiger charge is 2.10. The number of nitrogens with zero attached hydrogens (tertiary/aromatic N) is 2. The summed E-state index contributed by atoms with van der Waals surface area (Å²) in [4.78, 5) is 29.3. The molecule has 0 fully saturated rings. The molecule has 0 unspecified atom stereocenters. The van der Waals surface area contributed by atoms with Crippen molar-refractivity contribution in [3.8, 4) is 17.0 Å². The summed E-state index contributed by atoms with van der Waals surface area (Å²) in [5, 5.41) is 13.7. The van der Waals surface area contributed by atoms with E-state index in [0.29, 0.717) is 32.6 Å². The number of halogens is 2. The van der Waals surface area contributed by atoms with Gasteiger partial charge < -0.3 is 15.4 Å². The Morgan fingerprint density at radius 2 is 1.67 bits per heavy atom. The van der Waals surface area contributed by atoms with Crippen LogP contribution in [-0.4, -0.2) is 29.6 Å². The van der Waals surface area contributed by atoms with Crippen molar-refractivity contribution in [2.24, 2.45) is 5.10 Å². The van der Waals surface area contributed by atoms with Gasteiger partial charge in [0.1, 0.15) is 5.75 Å². The summed E-state index contributed by atoms with van der Waals surface area (Å²) in [7, 11) is 0. The van der Waals surface area contributed by atoms with Crippen LogP contribution in [0.5, 0.6) is 5.75 Å². The highest BCUT2D eigenvalue weighted by atomic mass is 35.5. The molecule has 0 atom stereocenters. The number of hydrogen-bond donors (Lipinski definition) is 3. The van der Waals surface area contributed by atoms with Crippen LogP contribution in [0.4, 0.5) is 16.5 Å². The minimum Gasteiger partial charge on any atom is -0.482 e. The predicted octanol–water partition coefficient (Wildman–Crippen LogP) is 7.64. The zero-order valence-electron chi connectivity index (χ0n) is 21.9. The van der Waals surface area contributed by atoms with E-state index >= 15 is 0 Å². The zero-order chi connectivity index (χ0) is 29.3. The third-order valence-corrected chi connectivity index (χ3v) is 7.10. The Balaban J connectivity index is 1.11. The number of amides is 2. The topological polar surface area (TPSA) is 105 Å². The summed E-state index contributed by atoms with van der Waals surface area (Å²) in [6.45, 7) is -0.194. The van der Waals surface area contributed by atoms with E-state index in [2.05, 4.69) is 26.1 Å². The maximum Gasteiger partial charge on any atom is 0.271 e. The lowest BCUT2D eigenvalue weighted by Crippen LogP contribution is -2.20. The van der Waals surface area contributed by atoms with Crippen molar-refractivity contribution >= 4 is 69.1 Å². The van der Waals surface area contributed by atoms with Gasteiger partial charge in [-0.3, -0.25) is 9.59 Å². The van der Waals surface area contributed by atoms with Crippen molar-refractivity contribution < 1.29 is 14.3 Å². The molecule has 5 rings (SSSR count). The minimum absolute atomic E-state index is 0.194. The number of thiazole rings is 1. The van der Waals surface area contributed by atoms with Gasteiger partial charge in [0.05, 0.1) is 16.9 Å². The Kier molecular flexibility index (Phi) is 9.45. The predicted molar refractivity (Wildman–Crippen MR) is 169 cm³/mol. The fraction of sp³-hybridized carbons (Fsp3) is 0.0323. The first-order chi connectivity index (χ1) is 20.4. The Morgan fingerprint density at radius 1 is 0.905 bits per heavy atom. The molecule has 5 aromatic rings. The van der Waals surface area contributed by atoms with Gasteiger partial charge in [-0.1, -0.05) is 53.5 Å². The quantitative estimate of drug-likeness (QED) is 0.111. The van der Waals surface area contributed by atoms with E-state index in [9.17, 15) is 9.59 Å². The molecule has 0 aliphatic carbocycles. The van der Waals surface area contributed by atoms with E-state index in [1.165, 1.54) is 17.6 Å². The first-order valence-corrected chi connectivity index (χ1v) is 14.3. The van der Waals surface area contributed by atoms with Crippen LogP contribution in [0, 0.1) is 0 Å². The first-order valence-electron chi connectivity index (χ1n) is 12.6. The summed E-state index contributed by atoms with van der Waals surface area (Å²) in [6.07, 6.45) is 1.47. The van der Waals surface area contributed by atoms with Gasteiger partial charge in [0.25, 0.3) is 11.8 Å². The van der Waals surface area contributed by atoms with Gasteiger partial charge in [0.2, 0.25) is 0 Å². The van der Waals surface area contributed by atoms with Crippen LogP contribution in [0.25, 0.3) is 11.3 Å². The number of nitrogens with one attached hydrogen (secondary N) is 3. The maximum absolute atomic E-state index is 12.6. The lowest BCUT2D eigenvalue weighted by atomic mass is 10.1. The molecule has 0 saturated carbocycles. The molecule has 42 heavy (non-hydrogen) atoms. The van der Waals surface area contributed by atoms with E-state index in [4.69, 9.17) is 27.9 Å². The molecule has 0 bridgehead atoms. The first kappa shape index (κ1) is 28.8. The van der Waals surface area contributed by atoms with Gasteiger partial charge in [-0.25, -0.2) is 10.4 Å². The standard InChI is InChI=1S/C31H23Cl2N5O3S/c32-23-11-13-25(14-12-23)36-31-37-27(19-42-31)21-7-9-22(10-8-21)30(40)38-34-17-20-6-15-28(26(33)16-20)41-18-29(39)35-24-4-2-1-3-5-24/h1-17,19H,18H2,(H,35,39)(H,36,37)(H,38,40)/b34-17-. The minimum atomic E-state index is -0.364. The second-order valence-corrected chi connectivity index (χ2v) is 10.5. The number of aromatic nitrogens is 1. The molecule has 0 aliphatic rings.